The van der Waals surface area contributed by atoms with Crippen LogP contribution in [0.2, 0.25) is 0 Å². The molecular formula is C38H30N2O2P2. The third kappa shape index (κ3) is 4.50. The van der Waals surface area contributed by atoms with Gasteiger partial charge in [0.2, 0.25) is 0 Å². The van der Waals surface area contributed by atoms with Gasteiger partial charge in [0.05, 0.1) is 11.0 Å². The standard InChI is InChI=1S/C38H30N2O2P2/c1-40-34-25-13-12-24-33(34)39-38(40)32-23-11-14-26-35(32)44(42,31-21-9-4-10-22-31)37-28-16-15-27-36(37)43(41,29-17-5-2-6-18-29)30-19-7-3-8-20-30/h2-28H,1H3. The van der Waals surface area contributed by atoms with Crippen molar-refractivity contribution in [3.63, 3.8) is 0 Å². The fourth-order valence-electron chi connectivity index (χ4n) is 6.07. The Bertz CT molecular complexity index is 2150. The molecule has 0 spiro atoms. The maximum absolute atomic E-state index is 16.3. The Hall–Kier alpha value is -4.75. The van der Waals surface area contributed by atoms with Crippen molar-refractivity contribution in [2.45, 2.75) is 0 Å². The molecule has 0 saturated carbocycles. The molecule has 0 bridgehead atoms. The lowest BCUT2D eigenvalue weighted by molar-refractivity contribution is 0.590. The van der Waals surface area contributed by atoms with Crippen LogP contribution in [0.1, 0.15) is 0 Å². The summed E-state index contributed by atoms with van der Waals surface area (Å²) in [4.78, 5) is 5.00. The van der Waals surface area contributed by atoms with E-state index in [0.717, 1.165) is 22.4 Å². The average molecular weight is 609 g/mol. The number of nitrogens with zero attached hydrogens (tertiary/aromatic N) is 2. The summed E-state index contributed by atoms with van der Waals surface area (Å²) in [5.74, 6) is 0.727. The highest BCUT2D eigenvalue weighted by atomic mass is 31.2. The van der Waals surface area contributed by atoms with Gasteiger partial charge in [-0.3, -0.25) is 0 Å². The molecule has 1 atom stereocenters. The zero-order chi connectivity index (χ0) is 30.1. The second kappa shape index (κ2) is 11.4. The molecular weight excluding hydrogens is 578 g/mol. The van der Waals surface area contributed by atoms with Crippen molar-refractivity contribution in [3.05, 3.63) is 164 Å². The third-order valence-electron chi connectivity index (χ3n) is 8.19. The number of fused-ring (bicyclic) bond motifs is 1. The molecule has 1 aromatic heterocycles. The molecule has 44 heavy (non-hydrogen) atoms. The molecule has 0 N–H and O–H groups in total. The number of rotatable bonds is 7. The highest BCUT2D eigenvalue weighted by Crippen LogP contribution is 2.50. The van der Waals surface area contributed by atoms with E-state index >= 15 is 9.13 Å². The lowest BCUT2D eigenvalue weighted by Gasteiger charge is -2.28. The predicted molar refractivity (Wildman–Crippen MR) is 185 cm³/mol. The van der Waals surface area contributed by atoms with E-state index in [1.54, 1.807) is 0 Å². The summed E-state index contributed by atoms with van der Waals surface area (Å²) in [5, 5.41) is 3.86. The number of aromatic nitrogens is 2. The highest BCUT2D eigenvalue weighted by Gasteiger charge is 2.40. The Morgan fingerprint density at radius 3 is 1.41 bits per heavy atom. The Balaban J connectivity index is 1.57. The van der Waals surface area contributed by atoms with Crippen LogP contribution in [0, 0.1) is 0 Å². The molecule has 1 heterocycles. The molecule has 214 valence electrons. The van der Waals surface area contributed by atoms with Gasteiger partial charge >= 0.3 is 0 Å². The van der Waals surface area contributed by atoms with Crippen molar-refractivity contribution in [3.8, 4) is 11.4 Å². The molecule has 7 rings (SSSR count). The maximum atomic E-state index is 16.3. The summed E-state index contributed by atoms with van der Waals surface area (Å²) in [6.07, 6.45) is 0. The Labute approximate surface area is 257 Å². The largest absolute Gasteiger partial charge is 0.327 e. The van der Waals surface area contributed by atoms with Crippen LogP contribution < -0.4 is 31.8 Å². The average Bonchev–Trinajstić information content (AvgIpc) is 3.44. The molecule has 6 aromatic carbocycles. The van der Waals surface area contributed by atoms with E-state index in [2.05, 4.69) is 0 Å². The van der Waals surface area contributed by atoms with Crippen LogP contribution in [0.3, 0.4) is 0 Å². The third-order valence-corrected chi connectivity index (χ3v) is 14.6. The first-order valence-corrected chi connectivity index (χ1v) is 17.9. The van der Waals surface area contributed by atoms with Gasteiger partial charge in [-0.05, 0) is 12.1 Å². The molecule has 7 aromatic rings. The van der Waals surface area contributed by atoms with Gasteiger partial charge in [0.15, 0.2) is 14.3 Å². The van der Waals surface area contributed by atoms with E-state index in [9.17, 15) is 0 Å². The molecule has 0 radical (unpaired) electrons. The second-order valence-electron chi connectivity index (χ2n) is 10.7. The van der Waals surface area contributed by atoms with Crippen LogP contribution >= 0.6 is 14.3 Å². The minimum absolute atomic E-state index is 0.563. The summed E-state index contributed by atoms with van der Waals surface area (Å²) in [7, 11) is -5.12. The van der Waals surface area contributed by atoms with E-state index in [4.69, 9.17) is 4.98 Å². The van der Waals surface area contributed by atoms with Crippen molar-refractivity contribution >= 4 is 57.1 Å². The van der Waals surface area contributed by atoms with Gasteiger partial charge in [-0.1, -0.05) is 152 Å². The SMILES string of the molecule is Cn1c(-c2ccccc2P(=O)(c2ccccc2)c2ccccc2P(=O)(c2ccccc2)c2ccccc2)nc2ccccc21. The van der Waals surface area contributed by atoms with Gasteiger partial charge in [0.1, 0.15) is 5.82 Å². The lowest BCUT2D eigenvalue weighted by Crippen LogP contribution is -2.39. The fourth-order valence-corrected chi connectivity index (χ4v) is 12.6. The van der Waals surface area contributed by atoms with Gasteiger partial charge in [-0.25, -0.2) is 4.98 Å². The van der Waals surface area contributed by atoms with Gasteiger partial charge < -0.3 is 13.7 Å². The van der Waals surface area contributed by atoms with Crippen LogP contribution in [0.25, 0.3) is 22.4 Å². The van der Waals surface area contributed by atoms with Crippen LogP contribution in [0.4, 0.5) is 0 Å². The number of hydrogen-bond donors (Lipinski definition) is 0. The molecule has 0 saturated heterocycles. The van der Waals surface area contributed by atoms with E-state index in [0.29, 0.717) is 31.8 Å². The summed E-state index contributed by atoms with van der Waals surface area (Å²) in [6, 6.07) is 52.1. The Kier molecular flexibility index (Phi) is 7.26. The second-order valence-corrected chi connectivity index (χ2v) is 16.1. The zero-order valence-corrected chi connectivity index (χ0v) is 26.0. The normalized spacial score (nSPS) is 13.0. The quantitative estimate of drug-likeness (QED) is 0.194. The van der Waals surface area contributed by atoms with Crippen LogP contribution in [-0.2, 0) is 16.2 Å². The molecule has 0 aliphatic carbocycles. The molecule has 0 amide bonds. The summed E-state index contributed by atoms with van der Waals surface area (Å²) < 4.78 is 34.1. The molecule has 1 unspecified atom stereocenters. The molecule has 0 aliphatic heterocycles. The first-order valence-electron chi connectivity index (χ1n) is 14.5. The fraction of sp³-hybridized carbons (Fsp3) is 0.0263. The van der Waals surface area contributed by atoms with Crippen molar-refractivity contribution in [2.75, 3.05) is 0 Å². The van der Waals surface area contributed by atoms with Crippen LogP contribution in [0.15, 0.2) is 164 Å². The summed E-state index contributed by atoms with van der Waals surface area (Å²) in [6.45, 7) is 0. The molecule has 0 aliphatic rings. The number of benzene rings is 6. The van der Waals surface area contributed by atoms with Crippen molar-refractivity contribution < 1.29 is 9.13 Å². The van der Waals surface area contributed by atoms with Crippen molar-refractivity contribution in [1.82, 2.24) is 9.55 Å². The van der Waals surface area contributed by atoms with Crippen LogP contribution in [0.5, 0.6) is 0 Å². The minimum atomic E-state index is -3.64. The first-order chi connectivity index (χ1) is 21.5. The van der Waals surface area contributed by atoms with Gasteiger partial charge in [-0.2, -0.15) is 0 Å². The molecule has 4 nitrogen and oxygen atoms in total. The summed E-state index contributed by atoms with van der Waals surface area (Å²) >= 11 is 0. The van der Waals surface area contributed by atoms with E-state index in [1.165, 1.54) is 0 Å². The number of aryl methyl sites for hydroxylation is 1. The van der Waals surface area contributed by atoms with Gasteiger partial charge in [0, 0.05) is 44.4 Å². The van der Waals surface area contributed by atoms with Gasteiger partial charge in [-0.15, -0.1) is 0 Å². The smallest absolute Gasteiger partial charge is 0.172 e. The Morgan fingerprint density at radius 1 is 0.455 bits per heavy atom. The number of para-hydroxylation sites is 2. The highest BCUT2D eigenvalue weighted by molar-refractivity contribution is 7.91. The number of imidazole rings is 1. The topological polar surface area (TPSA) is 52.0 Å². The summed E-state index contributed by atoms with van der Waals surface area (Å²) in [5.41, 5.74) is 2.64. The zero-order valence-electron chi connectivity index (χ0n) is 24.2. The predicted octanol–water partition coefficient (Wildman–Crippen LogP) is 6.52. The van der Waals surface area contributed by atoms with E-state index in [-0.39, 0.29) is 0 Å². The van der Waals surface area contributed by atoms with Gasteiger partial charge in [0.25, 0.3) is 0 Å². The monoisotopic (exact) mass is 608 g/mol. The van der Waals surface area contributed by atoms with Crippen LogP contribution in [-0.4, -0.2) is 9.55 Å². The Morgan fingerprint density at radius 2 is 0.864 bits per heavy atom. The first kappa shape index (κ1) is 28.0. The van der Waals surface area contributed by atoms with E-state index < -0.39 is 14.3 Å². The van der Waals surface area contributed by atoms with Crippen molar-refractivity contribution in [1.29, 1.82) is 0 Å². The molecule has 6 heteroatoms. The molecule has 0 fully saturated rings. The lowest BCUT2D eigenvalue weighted by atomic mass is 10.2. The van der Waals surface area contributed by atoms with E-state index in [1.807, 2.05) is 175 Å². The minimum Gasteiger partial charge on any atom is -0.327 e. The number of hydrogen-bond acceptors (Lipinski definition) is 3. The van der Waals surface area contributed by atoms with Crippen molar-refractivity contribution in [2.24, 2.45) is 7.05 Å². The maximum Gasteiger partial charge on any atom is 0.172 e.